The average molecular weight is 348 g/mol. The number of rotatable bonds is 3. The number of allylic oxidation sites excluding steroid dienone is 4. The van der Waals surface area contributed by atoms with Gasteiger partial charge in [0.2, 0.25) is 0 Å². The number of nitrogens with zero attached hydrogens (tertiary/aromatic N) is 2. The van der Waals surface area contributed by atoms with E-state index < -0.39 is 0 Å². The lowest BCUT2D eigenvalue weighted by Crippen LogP contribution is -3.00. The largest absolute Gasteiger partial charge is 1.00 e. The molecule has 4 heteroatoms. The van der Waals surface area contributed by atoms with Gasteiger partial charge in [-0.1, -0.05) is 24.3 Å². The quantitative estimate of drug-likeness (QED) is 0.510. The highest BCUT2D eigenvalue weighted by Crippen LogP contribution is 2.01. The molecule has 0 amide bonds. The number of halogens is 2. The van der Waals surface area contributed by atoms with E-state index in [2.05, 4.69) is 58.7 Å². The van der Waals surface area contributed by atoms with Crippen molar-refractivity contribution in [2.75, 3.05) is 26.2 Å². The molecule has 0 aromatic carbocycles. The van der Waals surface area contributed by atoms with Crippen molar-refractivity contribution in [3.8, 4) is 0 Å². The van der Waals surface area contributed by atoms with Gasteiger partial charge in [0.25, 0.3) is 0 Å². The average Bonchev–Trinajstić information content (AvgIpc) is 2.29. The molecule has 0 aromatic heterocycles. The molecule has 0 bridgehead atoms. The first-order chi connectivity index (χ1) is 6.95. The first-order valence-corrected chi connectivity index (χ1v) is 5.10. The van der Waals surface area contributed by atoms with E-state index >= 15 is 0 Å². The van der Waals surface area contributed by atoms with Gasteiger partial charge < -0.3 is 43.8 Å². The second kappa shape index (κ2) is 8.65. The van der Waals surface area contributed by atoms with Gasteiger partial charge in [-0.2, -0.15) is 0 Å². The Kier molecular flexibility index (Phi) is 8.39. The Morgan fingerprint density at radius 3 is 1.44 bits per heavy atom. The molecule has 0 unspecified atom stereocenters. The first-order valence-electron chi connectivity index (χ1n) is 5.10. The SMILES string of the molecule is C1=CCN(CCN2C=CC=CC2)C=C1.[Br-].[Br-]. The van der Waals surface area contributed by atoms with Gasteiger partial charge in [0.15, 0.2) is 0 Å². The molecule has 0 saturated carbocycles. The van der Waals surface area contributed by atoms with E-state index in [0.29, 0.717) is 0 Å². The summed E-state index contributed by atoms with van der Waals surface area (Å²) in [4.78, 5) is 4.65. The third-order valence-corrected chi connectivity index (χ3v) is 2.44. The Hall–Kier alpha value is -0.480. The van der Waals surface area contributed by atoms with E-state index in [1.165, 1.54) is 0 Å². The molecule has 0 aliphatic carbocycles. The van der Waals surface area contributed by atoms with Crippen molar-refractivity contribution in [2.24, 2.45) is 0 Å². The van der Waals surface area contributed by atoms with Crippen LogP contribution in [0.2, 0.25) is 0 Å². The summed E-state index contributed by atoms with van der Waals surface area (Å²) in [5.74, 6) is 0. The van der Waals surface area contributed by atoms with Crippen LogP contribution < -0.4 is 34.0 Å². The molecular weight excluding hydrogens is 332 g/mol. The van der Waals surface area contributed by atoms with E-state index in [1.54, 1.807) is 0 Å². The van der Waals surface area contributed by atoms with Crippen molar-refractivity contribution in [3.05, 3.63) is 48.9 Å². The molecule has 2 aliphatic heterocycles. The van der Waals surface area contributed by atoms with Gasteiger partial charge in [0.05, 0.1) is 0 Å². The molecule has 0 aromatic rings. The minimum atomic E-state index is 0. The topological polar surface area (TPSA) is 6.48 Å². The summed E-state index contributed by atoms with van der Waals surface area (Å²) in [5, 5.41) is 0. The van der Waals surface area contributed by atoms with E-state index in [-0.39, 0.29) is 34.0 Å². The van der Waals surface area contributed by atoms with Crippen LogP contribution >= 0.6 is 0 Å². The molecule has 0 radical (unpaired) electrons. The molecule has 2 heterocycles. The van der Waals surface area contributed by atoms with E-state index in [9.17, 15) is 0 Å². The zero-order valence-corrected chi connectivity index (χ0v) is 12.3. The van der Waals surface area contributed by atoms with Crippen molar-refractivity contribution in [2.45, 2.75) is 0 Å². The molecular formula is C12H16Br2N2-2. The van der Waals surface area contributed by atoms with Crippen LogP contribution in [0.3, 0.4) is 0 Å². The van der Waals surface area contributed by atoms with Crippen molar-refractivity contribution in [3.63, 3.8) is 0 Å². The maximum absolute atomic E-state index is 2.33. The van der Waals surface area contributed by atoms with Gasteiger partial charge in [0, 0.05) is 26.2 Å². The fourth-order valence-electron chi connectivity index (χ4n) is 1.60. The summed E-state index contributed by atoms with van der Waals surface area (Å²) in [6, 6.07) is 0. The van der Waals surface area contributed by atoms with Crippen LogP contribution in [0.4, 0.5) is 0 Å². The van der Waals surface area contributed by atoms with Crippen LogP contribution in [0.15, 0.2) is 48.9 Å². The van der Waals surface area contributed by atoms with Crippen LogP contribution in [0.25, 0.3) is 0 Å². The monoisotopic (exact) mass is 346 g/mol. The predicted octanol–water partition coefficient (Wildman–Crippen LogP) is -4.23. The summed E-state index contributed by atoms with van der Waals surface area (Å²) in [5.41, 5.74) is 0. The van der Waals surface area contributed by atoms with Gasteiger partial charge in [0.1, 0.15) is 0 Å². The molecule has 2 aliphatic rings. The lowest BCUT2D eigenvalue weighted by molar-refractivity contribution is -0.001000. The van der Waals surface area contributed by atoms with E-state index in [4.69, 9.17) is 0 Å². The normalized spacial score (nSPS) is 17.0. The maximum atomic E-state index is 2.33. The maximum Gasteiger partial charge on any atom is 0.0357 e. The minimum absolute atomic E-state index is 0. The molecule has 0 N–H and O–H groups in total. The Morgan fingerprint density at radius 2 is 1.12 bits per heavy atom. The van der Waals surface area contributed by atoms with E-state index in [1.807, 2.05) is 0 Å². The Balaban J connectivity index is 0.00000112. The molecule has 90 valence electrons. The summed E-state index contributed by atoms with van der Waals surface area (Å²) in [6.45, 7) is 4.28. The van der Waals surface area contributed by atoms with Crippen LogP contribution in [-0.2, 0) is 0 Å². The lowest BCUT2D eigenvalue weighted by Gasteiger charge is -2.26. The van der Waals surface area contributed by atoms with Crippen LogP contribution in [0.5, 0.6) is 0 Å². The predicted molar refractivity (Wildman–Crippen MR) is 59.7 cm³/mol. The van der Waals surface area contributed by atoms with Crippen LogP contribution in [0.1, 0.15) is 0 Å². The fraction of sp³-hybridized carbons (Fsp3) is 0.333. The van der Waals surface area contributed by atoms with E-state index in [0.717, 1.165) is 26.2 Å². The molecule has 0 fully saturated rings. The minimum Gasteiger partial charge on any atom is -1.00 e. The Labute approximate surface area is 119 Å². The highest BCUT2D eigenvalue weighted by Gasteiger charge is 2.03. The zero-order chi connectivity index (χ0) is 9.64. The summed E-state index contributed by atoms with van der Waals surface area (Å²) in [6.07, 6.45) is 17.1. The molecule has 0 atom stereocenters. The van der Waals surface area contributed by atoms with Crippen molar-refractivity contribution >= 4 is 0 Å². The lowest BCUT2D eigenvalue weighted by atomic mass is 10.3. The smallest absolute Gasteiger partial charge is 0.0357 e. The molecule has 0 saturated heterocycles. The van der Waals surface area contributed by atoms with Crippen molar-refractivity contribution in [1.29, 1.82) is 0 Å². The Morgan fingerprint density at radius 1 is 0.688 bits per heavy atom. The first kappa shape index (κ1) is 15.5. The van der Waals surface area contributed by atoms with Gasteiger partial charge in [-0.05, 0) is 24.6 Å². The summed E-state index contributed by atoms with van der Waals surface area (Å²) < 4.78 is 0. The third kappa shape index (κ3) is 5.03. The Bertz CT molecular complexity index is 265. The van der Waals surface area contributed by atoms with Gasteiger partial charge in [-0.3, -0.25) is 0 Å². The molecule has 16 heavy (non-hydrogen) atoms. The summed E-state index contributed by atoms with van der Waals surface area (Å²) in [7, 11) is 0. The fourth-order valence-corrected chi connectivity index (χ4v) is 1.60. The third-order valence-electron chi connectivity index (χ3n) is 2.44. The number of hydrogen-bond acceptors (Lipinski definition) is 2. The van der Waals surface area contributed by atoms with Gasteiger partial charge >= 0.3 is 0 Å². The second-order valence-electron chi connectivity index (χ2n) is 3.53. The van der Waals surface area contributed by atoms with Crippen molar-refractivity contribution < 1.29 is 34.0 Å². The van der Waals surface area contributed by atoms with Gasteiger partial charge in [-0.15, -0.1) is 0 Å². The molecule has 2 nitrogen and oxygen atoms in total. The van der Waals surface area contributed by atoms with Crippen LogP contribution in [-0.4, -0.2) is 36.0 Å². The highest BCUT2D eigenvalue weighted by atomic mass is 79.9. The van der Waals surface area contributed by atoms with Gasteiger partial charge in [-0.25, -0.2) is 0 Å². The van der Waals surface area contributed by atoms with Crippen LogP contribution in [0, 0.1) is 0 Å². The molecule has 2 rings (SSSR count). The second-order valence-corrected chi connectivity index (χ2v) is 3.53. The van der Waals surface area contributed by atoms with Crippen molar-refractivity contribution in [1.82, 2.24) is 9.80 Å². The summed E-state index contributed by atoms with van der Waals surface area (Å²) >= 11 is 0. The standard InChI is InChI=1S/C12H16N2.2BrH/c1-3-7-13(8-4-1)11-12-14-9-5-2-6-10-14;;/h1-7,9H,8,10-12H2;2*1H/p-2. The number of hydrogen-bond donors (Lipinski definition) is 0. The zero-order valence-electron chi connectivity index (χ0n) is 9.10. The molecule has 0 spiro atoms. The highest BCUT2D eigenvalue weighted by molar-refractivity contribution is 5.10.